The van der Waals surface area contributed by atoms with Crippen molar-refractivity contribution < 1.29 is 71.6 Å². The zero-order chi connectivity index (χ0) is 4.50. The van der Waals surface area contributed by atoms with Crippen LogP contribution in [0, 0.1) is 0 Å². The first-order valence-corrected chi connectivity index (χ1v) is 4.34. The van der Waals surface area contributed by atoms with Gasteiger partial charge in [0.1, 0.15) is 0 Å². The molecule has 0 unspecified atom stereocenters. The molecule has 0 rings (SSSR count). The van der Waals surface area contributed by atoms with E-state index in [2.05, 4.69) is 0 Å². The number of hydrogen-bond donors (Lipinski definition) is 2. The van der Waals surface area contributed by atoms with Gasteiger partial charge in [-0.25, -0.2) is 0 Å². The van der Waals surface area contributed by atoms with E-state index in [4.69, 9.17) is 9.59 Å². The third-order valence-corrected chi connectivity index (χ3v) is 0. The van der Waals surface area contributed by atoms with Gasteiger partial charge < -0.3 is 12.4 Å². The molecule has 5 heteroatoms. The largest absolute Gasteiger partial charge is 1.00 e. The molecule has 36 valence electrons. The Morgan fingerprint density at radius 1 is 1.14 bits per heavy atom. The van der Waals surface area contributed by atoms with Crippen LogP contribution in [-0.2, 0) is 0 Å². The average Bonchev–Trinajstić information content (AvgIpc) is 0.722. The predicted molar refractivity (Wildman–Crippen MR) is 24.1 cm³/mol. The van der Waals surface area contributed by atoms with E-state index in [-0.39, 0.29) is 62.0 Å². The van der Waals surface area contributed by atoms with Crippen LogP contribution in [0.2, 0.25) is 13.1 Å². The topological polar surface area (TPSA) is 40.5 Å². The third kappa shape index (κ3) is 67.1. The van der Waals surface area contributed by atoms with Gasteiger partial charge >= 0.3 is 67.7 Å². The summed E-state index contributed by atoms with van der Waals surface area (Å²) in [5, 5.41) is 0. The van der Waals surface area contributed by atoms with Crippen LogP contribution in [-0.4, -0.2) is 18.2 Å². The Kier molecular flexibility index (Phi) is 14.4. The molecule has 0 radical (unpaired) electrons. The Bertz CT molecular complexity index is 36.0. The second-order valence-corrected chi connectivity index (χ2v) is 4.48. The van der Waals surface area contributed by atoms with Crippen molar-refractivity contribution in [1.82, 2.24) is 0 Å². The fraction of sp³-hybridized carbons (Fsp3) is 1.00. The second-order valence-electron chi connectivity index (χ2n) is 1.49. The Morgan fingerprint density at radius 2 is 1.14 bits per heavy atom. The van der Waals surface area contributed by atoms with E-state index in [0.29, 0.717) is 0 Å². The van der Waals surface area contributed by atoms with Crippen LogP contribution in [0.15, 0.2) is 0 Å². The van der Waals surface area contributed by atoms with Crippen molar-refractivity contribution in [1.29, 1.82) is 0 Å². The molecule has 0 aliphatic rings. The van der Waals surface area contributed by atoms with E-state index in [0.717, 1.165) is 0 Å². The molecule has 0 heterocycles. The summed E-state index contributed by atoms with van der Waals surface area (Å²) in [7, 11) is -2.61. The Labute approximate surface area is 92.1 Å². The van der Waals surface area contributed by atoms with Gasteiger partial charge in [0.05, 0.1) is 0 Å². The smallest absolute Gasteiger partial charge is 1.00 e. The van der Waals surface area contributed by atoms with Gasteiger partial charge in [0.2, 0.25) is 0 Å². The molecule has 0 amide bonds. The van der Waals surface area contributed by atoms with Gasteiger partial charge in [-0.3, -0.25) is 0 Å². The Balaban J connectivity index is -0.0000000133. The van der Waals surface area contributed by atoms with Gasteiger partial charge in [-0.1, -0.05) is 0 Å². The first kappa shape index (κ1) is 16.1. The SMILES string of the molecule is C[Si](C)(O)O.[H-].[H-].[Na+].[Na+]. The van der Waals surface area contributed by atoms with Crippen LogP contribution in [0.5, 0.6) is 0 Å². The van der Waals surface area contributed by atoms with Crippen molar-refractivity contribution in [3.05, 3.63) is 0 Å². The summed E-state index contributed by atoms with van der Waals surface area (Å²) in [6.07, 6.45) is 0. The molecule has 0 aliphatic heterocycles. The van der Waals surface area contributed by atoms with Crippen LogP contribution in [0.3, 0.4) is 0 Å². The van der Waals surface area contributed by atoms with Gasteiger partial charge in [-0.15, -0.1) is 0 Å². The summed E-state index contributed by atoms with van der Waals surface area (Å²) < 4.78 is 0. The van der Waals surface area contributed by atoms with E-state index in [9.17, 15) is 0 Å². The number of hydrogen-bond acceptors (Lipinski definition) is 2. The summed E-state index contributed by atoms with van der Waals surface area (Å²) in [6.45, 7) is 2.88. The fourth-order valence-electron chi connectivity index (χ4n) is 0. The van der Waals surface area contributed by atoms with Gasteiger partial charge in [-0.2, -0.15) is 0 Å². The van der Waals surface area contributed by atoms with Gasteiger partial charge in [-0.05, 0) is 13.1 Å². The summed E-state index contributed by atoms with van der Waals surface area (Å²) in [5.41, 5.74) is 0. The van der Waals surface area contributed by atoms with Crippen LogP contribution in [0.4, 0.5) is 0 Å². The molecule has 0 aromatic heterocycles. The van der Waals surface area contributed by atoms with Crippen molar-refractivity contribution in [2.45, 2.75) is 13.1 Å². The van der Waals surface area contributed by atoms with E-state index in [1.807, 2.05) is 0 Å². The minimum atomic E-state index is -2.61. The fourth-order valence-corrected chi connectivity index (χ4v) is 0. The summed E-state index contributed by atoms with van der Waals surface area (Å²) in [4.78, 5) is 16.4. The van der Waals surface area contributed by atoms with Gasteiger partial charge in [0.15, 0.2) is 0 Å². The first-order chi connectivity index (χ1) is 2.00. The molecule has 0 fully saturated rings. The molecule has 7 heavy (non-hydrogen) atoms. The molecular formula is C2H10Na2O2Si. The molecule has 2 nitrogen and oxygen atoms in total. The maximum Gasteiger partial charge on any atom is 1.00 e. The Morgan fingerprint density at radius 3 is 1.14 bits per heavy atom. The monoisotopic (exact) mass is 140 g/mol. The molecule has 0 bridgehead atoms. The van der Waals surface area contributed by atoms with Crippen molar-refractivity contribution >= 4 is 8.56 Å². The molecule has 0 aromatic carbocycles. The summed E-state index contributed by atoms with van der Waals surface area (Å²) in [6, 6.07) is 0. The van der Waals surface area contributed by atoms with E-state index in [1.165, 1.54) is 13.1 Å². The zero-order valence-corrected chi connectivity index (χ0v) is 10.4. The standard InChI is InChI=1S/C2H8O2Si.2Na.2H/c1-5(2,3)4;;;;/h3-4H,1-2H3;;;;/q;2*+1;2*-1. The van der Waals surface area contributed by atoms with Crippen LogP contribution in [0.1, 0.15) is 2.85 Å². The number of rotatable bonds is 0. The quantitative estimate of drug-likeness (QED) is 0.329. The van der Waals surface area contributed by atoms with E-state index >= 15 is 0 Å². The van der Waals surface area contributed by atoms with E-state index < -0.39 is 8.56 Å². The molecule has 0 spiro atoms. The molecule has 2 N–H and O–H groups in total. The molecule has 0 aliphatic carbocycles. The molecule has 0 saturated carbocycles. The summed E-state index contributed by atoms with van der Waals surface area (Å²) in [5.74, 6) is 0. The molecule has 0 aromatic rings. The maximum absolute atomic E-state index is 8.22. The van der Waals surface area contributed by atoms with Crippen LogP contribution in [0.25, 0.3) is 0 Å². The van der Waals surface area contributed by atoms with Crippen LogP contribution >= 0.6 is 0 Å². The predicted octanol–water partition coefficient (Wildman–Crippen LogP) is -6.09. The Hall–Kier alpha value is 2.14. The molecule has 0 atom stereocenters. The normalized spacial score (nSPS) is 8.57. The van der Waals surface area contributed by atoms with Crippen molar-refractivity contribution in [2.24, 2.45) is 0 Å². The zero-order valence-electron chi connectivity index (χ0n) is 7.39. The maximum atomic E-state index is 8.22. The first-order valence-electron chi connectivity index (χ1n) is 1.45. The van der Waals surface area contributed by atoms with Gasteiger partial charge in [0.25, 0.3) is 0 Å². The molecule has 0 saturated heterocycles. The van der Waals surface area contributed by atoms with Crippen molar-refractivity contribution in [3.63, 3.8) is 0 Å². The average molecular weight is 140 g/mol. The van der Waals surface area contributed by atoms with Crippen LogP contribution < -0.4 is 59.1 Å². The molecular weight excluding hydrogens is 130 g/mol. The van der Waals surface area contributed by atoms with Crippen molar-refractivity contribution in [2.75, 3.05) is 0 Å². The minimum absolute atomic E-state index is 0. The van der Waals surface area contributed by atoms with Crippen molar-refractivity contribution in [3.8, 4) is 0 Å². The van der Waals surface area contributed by atoms with E-state index in [1.54, 1.807) is 0 Å². The third-order valence-electron chi connectivity index (χ3n) is 0. The minimum Gasteiger partial charge on any atom is -1.00 e. The van der Waals surface area contributed by atoms with Gasteiger partial charge in [0, 0.05) is 0 Å². The summed E-state index contributed by atoms with van der Waals surface area (Å²) >= 11 is 0. The second kappa shape index (κ2) is 6.26.